The fourth-order valence-electron chi connectivity index (χ4n) is 3.16. The summed E-state index contributed by atoms with van der Waals surface area (Å²) in [6.45, 7) is 2.06. The van der Waals surface area contributed by atoms with Gasteiger partial charge in [-0.1, -0.05) is 28.1 Å². The number of likely N-dealkylation sites (N-methyl/N-ethyl adjacent to an activating group) is 1. The molecule has 2 atom stereocenters. The Kier molecular flexibility index (Phi) is 6.19. The number of halogens is 1. The molecule has 9 heteroatoms. The summed E-state index contributed by atoms with van der Waals surface area (Å²) in [7, 11) is 0. The lowest BCUT2D eigenvalue weighted by atomic mass is 10.1. The lowest BCUT2D eigenvalue weighted by Gasteiger charge is -2.16. The number of nitrogens with zero attached hydrogens (tertiary/aromatic N) is 1. The number of benzene rings is 2. The van der Waals surface area contributed by atoms with Crippen molar-refractivity contribution in [2.45, 2.75) is 19.1 Å². The number of anilines is 1. The molecule has 0 fully saturated rings. The van der Waals surface area contributed by atoms with Crippen LogP contribution in [0.2, 0.25) is 0 Å². The Morgan fingerprint density at radius 3 is 2.52 bits per heavy atom. The number of aliphatic hydroxyl groups is 1. The van der Waals surface area contributed by atoms with Crippen molar-refractivity contribution in [2.75, 3.05) is 18.0 Å². The quantitative estimate of drug-likeness (QED) is 0.503. The third kappa shape index (κ3) is 4.41. The van der Waals surface area contributed by atoms with E-state index in [0.29, 0.717) is 23.4 Å². The molecule has 3 rings (SSSR count). The van der Waals surface area contributed by atoms with Crippen LogP contribution in [0.3, 0.4) is 0 Å². The summed E-state index contributed by atoms with van der Waals surface area (Å²) in [5.41, 5.74) is 1.78. The smallest absolute Gasteiger partial charge is 0.310 e. The van der Waals surface area contributed by atoms with E-state index in [1.807, 2.05) is 6.92 Å². The van der Waals surface area contributed by atoms with E-state index in [2.05, 4.69) is 26.6 Å². The topological polar surface area (TPSA) is 119 Å². The summed E-state index contributed by atoms with van der Waals surface area (Å²) >= 11 is 3.35. The Morgan fingerprint density at radius 2 is 1.86 bits per heavy atom. The predicted octanol–water partition coefficient (Wildman–Crippen LogP) is 1.53. The molecular weight excluding hydrogens is 442 g/mol. The molecule has 2 aromatic carbocycles. The van der Waals surface area contributed by atoms with Crippen LogP contribution in [0, 0.1) is 0 Å². The second-order valence-corrected chi connectivity index (χ2v) is 7.43. The van der Waals surface area contributed by atoms with Gasteiger partial charge >= 0.3 is 11.8 Å². The predicted molar refractivity (Wildman–Crippen MR) is 109 cm³/mol. The van der Waals surface area contributed by atoms with Gasteiger partial charge in [-0.05, 0) is 42.8 Å². The summed E-state index contributed by atoms with van der Waals surface area (Å²) in [5, 5.41) is 24.2. The molecule has 0 aliphatic carbocycles. The van der Waals surface area contributed by atoms with Crippen LogP contribution in [0.5, 0.6) is 5.75 Å². The number of carbonyl (C=O) groups is 3. The van der Waals surface area contributed by atoms with E-state index >= 15 is 0 Å². The van der Waals surface area contributed by atoms with Crippen LogP contribution in [0.4, 0.5) is 5.69 Å². The van der Waals surface area contributed by atoms with Crippen molar-refractivity contribution in [1.29, 1.82) is 0 Å². The maximum atomic E-state index is 12.6. The average Bonchev–Trinajstić information content (AvgIpc) is 2.96. The number of hydrogen-bond donors (Lipinski definition) is 4. The van der Waals surface area contributed by atoms with E-state index in [0.717, 1.165) is 4.47 Å². The number of aromatic hydroxyl groups is 1. The number of amides is 3. The van der Waals surface area contributed by atoms with Crippen molar-refractivity contribution in [3.8, 4) is 5.75 Å². The number of fused-ring (bicyclic) bond motifs is 1. The SMILES string of the molecule is CCN1C(=O)[C@H](NC(=O)C(=O)NC[C@H](O)c2ccc(O)cc2)c2cc(Br)ccc21. The first kappa shape index (κ1) is 20.8. The Labute approximate surface area is 175 Å². The van der Waals surface area contributed by atoms with Gasteiger partial charge in [-0.15, -0.1) is 0 Å². The highest BCUT2D eigenvalue weighted by molar-refractivity contribution is 9.10. The van der Waals surface area contributed by atoms with Gasteiger partial charge in [-0.2, -0.15) is 0 Å². The monoisotopic (exact) mass is 461 g/mol. The molecule has 0 radical (unpaired) electrons. The number of nitrogens with one attached hydrogen (secondary N) is 2. The molecule has 0 spiro atoms. The van der Waals surface area contributed by atoms with Crippen LogP contribution in [0.1, 0.15) is 30.2 Å². The number of aliphatic hydroxyl groups excluding tert-OH is 1. The van der Waals surface area contributed by atoms with Crippen LogP contribution >= 0.6 is 15.9 Å². The standard InChI is InChI=1S/C20H20BrN3O5/c1-2-24-15-8-5-12(21)9-14(15)17(20(24)29)23-19(28)18(27)22-10-16(26)11-3-6-13(25)7-4-11/h3-9,16-17,25-26H,2,10H2,1H3,(H,22,27)(H,23,28)/t16-,17+/m0/s1. The van der Waals surface area contributed by atoms with Crippen molar-refractivity contribution in [2.24, 2.45) is 0 Å². The van der Waals surface area contributed by atoms with Crippen LogP contribution in [-0.4, -0.2) is 41.0 Å². The van der Waals surface area contributed by atoms with E-state index < -0.39 is 24.0 Å². The first-order valence-electron chi connectivity index (χ1n) is 8.98. The van der Waals surface area contributed by atoms with Crippen LogP contribution < -0.4 is 15.5 Å². The Hall–Kier alpha value is -2.91. The highest BCUT2D eigenvalue weighted by Crippen LogP contribution is 2.37. The zero-order valence-corrected chi connectivity index (χ0v) is 17.1. The summed E-state index contributed by atoms with van der Waals surface area (Å²) in [6, 6.07) is 10.2. The molecule has 1 heterocycles. The molecule has 4 N–H and O–H groups in total. The number of hydrogen-bond acceptors (Lipinski definition) is 5. The third-order valence-electron chi connectivity index (χ3n) is 4.64. The van der Waals surface area contributed by atoms with Gasteiger partial charge in [0.2, 0.25) is 0 Å². The lowest BCUT2D eigenvalue weighted by Crippen LogP contribution is -2.45. The minimum atomic E-state index is -1.05. The average molecular weight is 462 g/mol. The number of phenolic OH excluding ortho intramolecular Hbond substituents is 1. The molecule has 29 heavy (non-hydrogen) atoms. The Bertz CT molecular complexity index is 948. The molecule has 1 aliphatic rings. The van der Waals surface area contributed by atoms with Crippen molar-refractivity contribution in [3.05, 3.63) is 58.1 Å². The fraction of sp³-hybridized carbons (Fsp3) is 0.250. The van der Waals surface area contributed by atoms with Crippen molar-refractivity contribution in [1.82, 2.24) is 10.6 Å². The van der Waals surface area contributed by atoms with Crippen molar-refractivity contribution >= 4 is 39.3 Å². The molecule has 2 aromatic rings. The molecule has 8 nitrogen and oxygen atoms in total. The Balaban J connectivity index is 1.64. The number of carbonyl (C=O) groups excluding carboxylic acids is 3. The van der Waals surface area contributed by atoms with Gasteiger partial charge in [0, 0.05) is 28.8 Å². The second kappa shape index (κ2) is 8.62. The summed E-state index contributed by atoms with van der Waals surface area (Å²) < 4.78 is 0.753. The molecule has 0 bridgehead atoms. The molecule has 0 saturated carbocycles. The minimum absolute atomic E-state index is 0.0543. The Morgan fingerprint density at radius 1 is 1.17 bits per heavy atom. The normalized spacial score (nSPS) is 16.3. The molecule has 0 saturated heterocycles. The van der Waals surface area contributed by atoms with E-state index in [1.165, 1.54) is 24.3 Å². The van der Waals surface area contributed by atoms with Crippen LogP contribution in [0.25, 0.3) is 0 Å². The minimum Gasteiger partial charge on any atom is -0.508 e. The van der Waals surface area contributed by atoms with Gasteiger partial charge in [-0.25, -0.2) is 0 Å². The highest BCUT2D eigenvalue weighted by Gasteiger charge is 2.38. The van der Waals surface area contributed by atoms with E-state index in [1.54, 1.807) is 23.1 Å². The molecule has 0 unspecified atom stereocenters. The first-order chi connectivity index (χ1) is 13.8. The number of phenols is 1. The van der Waals surface area contributed by atoms with Crippen molar-refractivity contribution in [3.63, 3.8) is 0 Å². The van der Waals surface area contributed by atoms with E-state index in [4.69, 9.17) is 0 Å². The van der Waals surface area contributed by atoms with Gasteiger partial charge in [-0.3, -0.25) is 14.4 Å². The maximum Gasteiger partial charge on any atom is 0.310 e. The molecule has 3 amide bonds. The zero-order chi connectivity index (χ0) is 21.1. The first-order valence-corrected chi connectivity index (χ1v) is 9.77. The maximum absolute atomic E-state index is 12.6. The summed E-state index contributed by atoms with van der Waals surface area (Å²) in [5.74, 6) is -2.18. The fourth-order valence-corrected chi connectivity index (χ4v) is 3.54. The lowest BCUT2D eigenvalue weighted by molar-refractivity contribution is -0.140. The van der Waals surface area contributed by atoms with Crippen LogP contribution in [-0.2, 0) is 14.4 Å². The van der Waals surface area contributed by atoms with Crippen LogP contribution in [0.15, 0.2) is 46.9 Å². The van der Waals surface area contributed by atoms with Gasteiger partial charge in [0.15, 0.2) is 0 Å². The van der Waals surface area contributed by atoms with E-state index in [9.17, 15) is 24.6 Å². The molecule has 152 valence electrons. The third-order valence-corrected chi connectivity index (χ3v) is 5.13. The van der Waals surface area contributed by atoms with Gasteiger partial charge < -0.3 is 25.7 Å². The van der Waals surface area contributed by atoms with Gasteiger partial charge in [0.25, 0.3) is 5.91 Å². The van der Waals surface area contributed by atoms with Gasteiger partial charge in [0.1, 0.15) is 11.8 Å². The number of rotatable bonds is 5. The summed E-state index contributed by atoms with van der Waals surface area (Å²) in [6.07, 6.45) is -1.05. The second-order valence-electron chi connectivity index (χ2n) is 6.51. The van der Waals surface area contributed by atoms with E-state index in [-0.39, 0.29) is 18.2 Å². The molecule has 0 aromatic heterocycles. The highest BCUT2D eigenvalue weighted by atomic mass is 79.9. The zero-order valence-electron chi connectivity index (χ0n) is 15.6. The summed E-state index contributed by atoms with van der Waals surface area (Å²) in [4.78, 5) is 38.6. The van der Waals surface area contributed by atoms with Gasteiger partial charge in [0.05, 0.1) is 6.10 Å². The molecule has 1 aliphatic heterocycles. The molecular formula is C20H20BrN3O5. The van der Waals surface area contributed by atoms with Crippen molar-refractivity contribution < 1.29 is 24.6 Å². The largest absolute Gasteiger partial charge is 0.508 e.